The molecule has 0 radical (unpaired) electrons. The average Bonchev–Trinajstić information content (AvgIpc) is 3.26. The zero-order valence-corrected chi connectivity index (χ0v) is 15.2. The fourth-order valence-corrected chi connectivity index (χ4v) is 3.88. The van der Waals surface area contributed by atoms with E-state index < -0.39 is 5.97 Å². The van der Waals surface area contributed by atoms with Crippen molar-refractivity contribution >= 4 is 22.8 Å². The van der Waals surface area contributed by atoms with E-state index >= 15 is 0 Å². The summed E-state index contributed by atoms with van der Waals surface area (Å²) in [4.78, 5) is 25.8. The van der Waals surface area contributed by atoms with Gasteiger partial charge in [-0.25, -0.2) is 0 Å². The average molecular weight is 366 g/mol. The van der Waals surface area contributed by atoms with E-state index in [0.717, 1.165) is 36.0 Å². The van der Waals surface area contributed by atoms with Crippen LogP contribution < -0.4 is 0 Å². The van der Waals surface area contributed by atoms with Crippen LogP contribution >= 0.6 is 0 Å². The molecule has 27 heavy (non-hydrogen) atoms. The van der Waals surface area contributed by atoms with Gasteiger partial charge in [-0.15, -0.1) is 0 Å². The molecule has 1 aliphatic heterocycles. The van der Waals surface area contributed by atoms with Crippen molar-refractivity contribution in [3.63, 3.8) is 0 Å². The second-order valence-electron chi connectivity index (χ2n) is 7.07. The van der Waals surface area contributed by atoms with Gasteiger partial charge in [0, 0.05) is 43.2 Å². The van der Waals surface area contributed by atoms with E-state index in [-0.39, 0.29) is 18.4 Å². The lowest BCUT2D eigenvalue weighted by atomic mass is 9.95. The monoisotopic (exact) mass is 366 g/mol. The molecule has 1 amide bonds. The summed E-state index contributed by atoms with van der Waals surface area (Å²) in [6.45, 7) is 1.18. The van der Waals surface area contributed by atoms with Crippen molar-refractivity contribution in [1.29, 1.82) is 0 Å². The maximum Gasteiger partial charge on any atom is 0.325 e. The predicted octanol–water partition coefficient (Wildman–Crippen LogP) is 2.48. The molecule has 1 N–H and O–H groups in total. The number of carboxylic acids is 1. The summed E-state index contributed by atoms with van der Waals surface area (Å²) in [5, 5.41) is 14.3. The zero-order valence-electron chi connectivity index (χ0n) is 15.2. The number of piperidine rings is 1. The van der Waals surface area contributed by atoms with E-state index in [1.807, 2.05) is 52.9 Å². The lowest BCUT2D eigenvalue weighted by Crippen LogP contribution is -2.40. The van der Waals surface area contributed by atoms with Gasteiger partial charge in [-0.3, -0.25) is 14.3 Å². The molecule has 0 saturated carbocycles. The van der Waals surface area contributed by atoms with Crippen LogP contribution in [0.3, 0.4) is 0 Å². The second-order valence-corrected chi connectivity index (χ2v) is 7.07. The predicted molar refractivity (Wildman–Crippen MR) is 101 cm³/mol. The van der Waals surface area contributed by atoms with E-state index in [4.69, 9.17) is 5.11 Å². The molecule has 1 unspecified atom stereocenters. The number of hydrogen-bond acceptors (Lipinski definition) is 3. The van der Waals surface area contributed by atoms with Crippen molar-refractivity contribution in [3.8, 4) is 0 Å². The molecule has 7 nitrogen and oxygen atoms in total. The molecule has 1 saturated heterocycles. The lowest BCUT2D eigenvalue weighted by molar-refractivity contribution is -0.137. The van der Waals surface area contributed by atoms with Gasteiger partial charge in [0.2, 0.25) is 0 Å². The van der Waals surface area contributed by atoms with Crippen molar-refractivity contribution in [2.75, 3.05) is 13.1 Å². The van der Waals surface area contributed by atoms with Crippen LogP contribution in [0.25, 0.3) is 10.9 Å². The van der Waals surface area contributed by atoms with Crippen LogP contribution in [0.4, 0.5) is 0 Å². The van der Waals surface area contributed by atoms with Gasteiger partial charge in [-0.1, -0.05) is 18.2 Å². The van der Waals surface area contributed by atoms with Gasteiger partial charge in [-0.2, -0.15) is 5.10 Å². The summed E-state index contributed by atoms with van der Waals surface area (Å²) in [7, 11) is 1.92. The Morgan fingerprint density at radius 1 is 1.26 bits per heavy atom. The van der Waals surface area contributed by atoms with Crippen LogP contribution in [-0.2, 0) is 18.4 Å². The van der Waals surface area contributed by atoms with Gasteiger partial charge in [0.15, 0.2) is 0 Å². The number of fused-ring (bicyclic) bond motifs is 1. The molecule has 1 aliphatic rings. The summed E-state index contributed by atoms with van der Waals surface area (Å²) >= 11 is 0. The minimum absolute atomic E-state index is 0.0309. The first kappa shape index (κ1) is 17.3. The summed E-state index contributed by atoms with van der Waals surface area (Å²) in [6, 6.07) is 11.8. The number of carboxylic acid groups (broad SMARTS) is 1. The molecule has 1 aromatic carbocycles. The van der Waals surface area contributed by atoms with E-state index in [1.54, 1.807) is 6.20 Å². The number of aryl methyl sites for hydroxylation is 1. The van der Waals surface area contributed by atoms with Crippen molar-refractivity contribution in [3.05, 3.63) is 54.0 Å². The smallest absolute Gasteiger partial charge is 0.325 e. The number of rotatable bonds is 4. The molecule has 0 bridgehead atoms. The normalized spacial score (nSPS) is 17.4. The van der Waals surface area contributed by atoms with E-state index in [9.17, 15) is 9.59 Å². The highest BCUT2D eigenvalue weighted by atomic mass is 16.4. The van der Waals surface area contributed by atoms with E-state index in [2.05, 4.69) is 5.10 Å². The standard InChI is InChI=1S/C20H22N4O3/c1-22-17-7-3-2-5-14(17)11-18(22)20(27)23-9-4-6-15(12-23)16-8-10-24(21-16)13-19(25)26/h2-3,5,7-8,10-11,15H,4,6,9,12-13H2,1H3,(H,25,26). The SMILES string of the molecule is Cn1c(C(=O)N2CCCC(c3ccn(CC(=O)O)n3)C2)cc2ccccc21. The molecular weight excluding hydrogens is 344 g/mol. The highest BCUT2D eigenvalue weighted by Crippen LogP contribution is 2.28. The number of aromatic nitrogens is 3. The molecule has 0 spiro atoms. The Bertz CT molecular complexity index is 1000. The molecule has 1 atom stereocenters. The van der Waals surface area contributed by atoms with Gasteiger partial charge < -0.3 is 14.6 Å². The molecule has 140 valence electrons. The minimum Gasteiger partial charge on any atom is -0.480 e. The highest BCUT2D eigenvalue weighted by Gasteiger charge is 2.28. The molecule has 0 aliphatic carbocycles. The summed E-state index contributed by atoms with van der Waals surface area (Å²) in [6.07, 6.45) is 3.54. The topological polar surface area (TPSA) is 80.4 Å². The largest absolute Gasteiger partial charge is 0.480 e. The Kier molecular flexibility index (Phi) is 4.43. The van der Waals surface area contributed by atoms with Crippen LogP contribution in [-0.4, -0.2) is 49.3 Å². The third-order valence-electron chi connectivity index (χ3n) is 5.26. The van der Waals surface area contributed by atoms with Crippen LogP contribution in [0.15, 0.2) is 42.6 Å². The van der Waals surface area contributed by atoms with Gasteiger partial charge in [0.25, 0.3) is 5.91 Å². The Labute approximate surface area is 156 Å². The fourth-order valence-electron chi connectivity index (χ4n) is 3.88. The first-order valence-corrected chi connectivity index (χ1v) is 9.12. The van der Waals surface area contributed by atoms with Crippen molar-refractivity contribution in [2.24, 2.45) is 7.05 Å². The third-order valence-corrected chi connectivity index (χ3v) is 5.26. The fraction of sp³-hybridized carbons (Fsp3) is 0.350. The molecule has 4 rings (SSSR count). The molecule has 2 aromatic heterocycles. The Hall–Kier alpha value is -3.09. The Morgan fingerprint density at radius 3 is 2.85 bits per heavy atom. The lowest BCUT2D eigenvalue weighted by Gasteiger charge is -2.32. The van der Waals surface area contributed by atoms with Crippen LogP contribution in [0.1, 0.15) is 34.9 Å². The van der Waals surface area contributed by atoms with Crippen LogP contribution in [0.2, 0.25) is 0 Å². The number of likely N-dealkylation sites (tertiary alicyclic amines) is 1. The minimum atomic E-state index is -0.916. The maximum absolute atomic E-state index is 13.1. The number of hydrogen-bond donors (Lipinski definition) is 1. The zero-order chi connectivity index (χ0) is 19.0. The molecular formula is C20H22N4O3. The quantitative estimate of drug-likeness (QED) is 0.769. The maximum atomic E-state index is 13.1. The Morgan fingerprint density at radius 2 is 2.07 bits per heavy atom. The first-order valence-electron chi connectivity index (χ1n) is 9.12. The highest BCUT2D eigenvalue weighted by molar-refractivity contribution is 5.98. The van der Waals surface area contributed by atoms with Gasteiger partial charge in [-0.05, 0) is 31.0 Å². The molecule has 7 heteroatoms. The number of carbonyl (C=O) groups excluding carboxylic acids is 1. The van der Waals surface area contributed by atoms with Crippen molar-refractivity contribution in [2.45, 2.75) is 25.3 Å². The van der Waals surface area contributed by atoms with Gasteiger partial charge in [0.1, 0.15) is 12.2 Å². The number of aliphatic carboxylic acids is 1. The third kappa shape index (κ3) is 3.32. The summed E-state index contributed by atoms with van der Waals surface area (Å²) < 4.78 is 3.38. The number of nitrogens with zero attached hydrogens (tertiary/aromatic N) is 4. The molecule has 3 aromatic rings. The number of carbonyl (C=O) groups is 2. The van der Waals surface area contributed by atoms with Crippen LogP contribution in [0, 0.1) is 0 Å². The summed E-state index contributed by atoms with van der Waals surface area (Å²) in [5.74, 6) is -0.753. The summed E-state index contributed by atoms with van der Waals surface area (Å²) in [5.41, 5.74) is 2.58. The number of para-hydroxylation sites is 1. The van der Waals surface area contributed by atoms with Crippen LogP contribution in [0.5, 0.6) is 0 Å². The Balaban J connectivity index is 1.53. The van der Waals surface area contributed by atoms with Gasteiger partial charge in [0.05, 0.1) is 5.69 Å². The van der Waals surface area contributed by atoms with E-state index in [1.165, 1.54) is 4.68 Å². The van der Waals surface area contributed by atoms with Crippen molar-refractivity contribution in [1.82, 2.24) is 19.2 Å². The van der Waals surface area contributed by atoms with Crippen molar-refractivity contribution < 1.29 is 14.7 Å². The van der Waals surface area contributed by atoms with Gasteiger partial charge >= 0.3 is 5.97 Å². The second kappa shape index (κ2) is 6.90. The first-order chi connectivity index (χ1) is 13.0. The van der Waals surface area contributed by atoms with E-state index in [0.29, 0.717) is 12.2 Å². The number of amides is 1. The molecule has 3 heterocycles. The molecule has 1 fully saturated rings. The number of benzene rings is 1.